The molecule has 1 amide bonds. The summed E-state index contributed by atoms with van der Waals surface area (Å²) in [5.74, 6) is -0.103. The van der Waals surface area contributed by atoms with E-state index in [9.17, 15) is 4.79 Å². The van der Waals surface area contributed by atoms with E-state index < -0.39 is 11.8 Å². The molecule has 4 N–H and O–H groups in total. The average Bonchev–Trinajstić information content (AvgIpc) is 2.74. The topological polar surface area (TPSA) is 120 Å². The minimum atomic E-state index is -0.548. The fourth-order valence-corrected chi connectivity index (χ4v) is 3.87. The number of aromatic nitrogens is 1. The molecule has 1 aliphatic rings. The van der Waals surface area contributed by atoms with Crippen molar-refractivity contribution in [3.05, 3.63) is 57.9 Å². The first-order chi connectivity index (χ1) is 14.8. The molecule has 3 rings (SSSR count). The van der Waals surface area contributed by atoms with E-state index in [4.69, 9.17) is 25.4 Å². The van der Waals surface area contributed by atoms with Crippen LogP contribution in [-0.2, 0) is 9.53 Å². The van der Waals surface area contributed by atoms with Crippen LogP contribution in [0, 0.1) is 12.3 Å². The quantitative estimate of drug-likeness (QED) is 0.462. The van der Waals surface area contributed by atoms with E-state index in [0.717, 1.165) is 22.4 Å². The summed E-state index contributed by atoms with van der Waals surface area (Å²) in [6, 6.07) is 5.33. The van der Waals surface area contributed by atoms with Gasteiger partial charge in [-0.25, -0.2) is 4.98 Å². The molecule has 8 heteroatoms. The molecule has 2 aromatic rings. The van der Waals surface area contributed by atoms with Crippen molar-refractivity contribution in [3.63, 3.8) is 0 Å². The number of allylic oxidation sites excluding steroid dienone is 1. The van der Waals surface area contributed by atoms with E-state index in [1.165, 1.54) is 0 Å². The van der Waals surface area contributed by atoms with Crippen molar-refractivity contribution >= 4 is 17.5 Å². The molecule has 0 fully saturated rings. The Kier molecular flexibility index (Phi) is 6.48. The number of rotatable bonds is 7. The highest BCUT2D eigenvalue weighted by molar-refractivity contribution is 5.98. The summed E-state index contributed by atoms with van der Waals surface area (Å²) >= 11 is 0. The lowest BCUT2D eigenvalue weighted by Crippen LogP contribution is -2.28. The molecule has 0 saturated heterocycles. The van der Waals surface area contributed by atoms with Crippen molar-refractivity contribution in [3.8, 4) is 11.6 Å². The number of aryl methyl sites for hydroxylation is 1. The minimum absolute atomic E-state index is 0.0485. The maximum absolute atomic E-state index is 12.5. The zero-order valence-corrected chi connectivity index (χ0v) is 18.5. The number of carbonyl (C=O) groups excluding carboxylic acids is 1. The van der Waals surface area contributed by atoms with E-state index in [-0.39, 0.29) is 5.90 Å². The number of primary amides is 1. The molecule has 164 valence electrons. The number of hydrogen-bond acceptors (Lipinski definition) is 7. The summed E-state index contributed by atoms with van der Waals surface area (Å²) in [6.07, 6.45) is 1.74. The molecule has 1 aliphatic heterocycles. The molecule has 0 radical (unpaired) electrons. The van der Waals surface area contributed by atoms with Crippen molar-refractivity contribution < 1.29 is 19.0 Å². The Morgan fingerprint density at radius 2 is 2.00 bits per heavy atom. The van der Waals surface area contributed by atoms with Gasteiger partial charge in [-0.3, -0.25) is 10.2 Å². The second kappa shape index (κ2) is 9.07. The smallest absolute Gasteiger partial charge is 0.247 e. The van der Waals surface area contributed by atoms with Gasteiger partial charge in [0, 0.05) is 28.6 Å². The van der Waals surface area contributed by atoms with Gasteiger partial charge in [-0.05, 0) is 45.4 Å². The van der Waals surface area contributed by atoms with Gasteiger partial charge in [-0.2, -0.15) is 0 Å². The van der Waals surface area contributed by atoms with Gasteiger partial charge < -0.3 is 25.3 Å². The monoisotopic (exact) mass is 424 g/mol. The van der Waals surface area contributed by atoms with Gasteiger partial charge in [0.05, 0.1) is 37.5 Å². The molecule has 1 unspecified atom stereocenters. The van der Waals surface area contributed by atoms with Gasteiger partial charge in [0.2, 0.25) is 17.7 Å². The van der Waals surface area contributed by atoms with Crippen molar-refractivity contribution in [2.75, 3.05) is 25.6 Å². The number of carbonyl (C=O) groups is 1. The first kappa shape index (κ1) is 22.1. The van der Waals surface area contributed by atoms with Crippen LogP contribution in [0.2, 0.25) is 0 Å². The molecule has 0 bridgehead atoms. The lowest BCUT2D eigenvalue weighted by atomic mass is 9.79. The zero-order chi connectivity index (χ0) is 22.7. The largest absolute Gasteiger partial charge is 0.496 e. The fraction of sp³-hybridized carbons (Fsp3) is 0.348. The molecule has 0 aliphatic carbocycles. The summed E-state index contributed by atoms with van der Waals surface area (Å²) in [4.78, 5) is 17.0. The number of pyridine rings is 1. The highest BCUT2D eigenvalue weighted by Crippen LogP contribution is 2.48. The Balaban J connectivity index is 2.29. The number of amides is 1. The molecule has 1 aromatic carbocycles. The van der Waals surface area contributed by atoms with Gasteiger partial charge in [0.1, 0.15) is 5.75 Å². The average molecular weight is 425 g/mol. The van der Waals surface area contributed by atoms with Crippen LogP contribution >= 0.6 is 0 Å². The molecule has 1 atom stereocenters. The minimum Gasteiger partial charge on any atom is -0.496 e. The summed E-state index contributed by atoms with van der Waals surface area (Å²) in [7, 11) is 1.55. The lowest BCUT2D eigenvalue weighted by Gasteiger charge is -2.32. The van der Waals surface area contributed by atoms with Crippen LogP contribution in [0.5, 0.6) is 11.6 Å². The predicted octanol–water partition coefficient (Wildman–Crippen LogP) is 3.48. The Bertz CT molecular complexity index is 1060. The molecular formula is C23H28N4O4. The number of fused-ring (bicyclic) bond motifs is 1. The second-order valence-corrected chi connectivity index (χ2v) is 7.15. The van der Waals surface area contributed by atoms with E-state index in [2.05, 4.69) is 10.3 Å². The van der Waals surface area contributed by atoms with Crippen LogP contribution in [-0.4, -0.2) is 37.1 Å². The Morgan fingerprint density at radius 1 is 1.26 bits per heavy atom. The number of ether oxygens (including phenoxy) is 3. The van der Waals surface area contributed by atoms with E-state index in [0.29, 0.717) is 41.7 Å². The molecule has 0 spiro atoms. The predicted molar refractivity (Wildman–Crippen MR) is 119 cm³/mol. The number of methoxy groups -OCH3 is 1. The number of nitrogens with one attached hydrogen (secondary N) is 2. The van der Waals surface area contributed by atoms with Crippen LogP contribution in [0.4, 0.5) is 5.69 Å². The van der Waals surface area contributed by atoms with Crippen LogP contribution in [0.1, 0.15) is 48.9 Å². The van der Waals surface area contributed by atoms with Gasteiger partial charge >= 0.3 is 0 Å². The molecule has 8 nitrogen and oxygen atoms in total. The normalized spacial score (nSPS) is 15.1. The van der Waals surface area contributed by atoms with E-state index in [1.54, 1.807) is 25.4 Å². The fourth-order valence-electron chi connectivity index (χ4n) is 3.87. The Morgan fingerprint density at radius 3 is 2.61 bits per heavy atom. The number of nitrogens with two attached hydrogens (primary N) is 1. The maximum Gasteiger partial charge on any atom is 0.247 e. The third-order valence-corrected chi connectivity index (χ3v) is 5.21. The van der Waals surface area contributed by atoms with Crippen LogP contribution in [0.3, 0.4) is 0 Å². The molecule has 31 heavy (non-hydrogen) atoms. The standard InChI is InChI=1S/C23H28N4O4/c1-6-30-22(25)14-8-9-15(16(10-14)29-5)18-17(21(24)28)13(4)27-20-12(3)11-26-23(19(18)20)31-7-2/h8-11,18,25,27H,6-7H2,1-5H3,(H2,24,28). The third-order valence-electron chi connectivity index (χ3n) is 5.21. The summed E-state index contributed by atoms with van der Waals surface area (Å²) < 4.78 is 16.8. The number of benzene rings is 1. The van der Waals surface area contributed by atoms with Gasteiger partial charge in [0.25, 0.3) is 0 Å². The van der Waals surface area contributed by atoms with Crippen molar-refractivity contribution in [1.82, 2.24) is 4.98 Å². The van der Waals surface area contributed by atoms with E-state index in [1.807, 2.05) is 33.8 Å². The summed E-state index contributed by atoms with van der Waals surface area (Å²) in [6.45, 7) is 8.28. The Hall–Kier alpha value is -3.55. The summed E-state index contributed by atoms with van der Waals surface area (Å²) in [5.41, 5.74) is 10.7. The highest BCUT2D eigenvalue weighted by atomic mass is 16.5. The maximum atomic E-state index is 12.5. The summed E-state index contributed by atoms with van der Waals surface area (Å²) in [5, 5.41) is 11.4. The number of hydrogen-bond donors (Lipinski definition) is 3. The number of nitrogens with zero attached hydrogens (tertiary/aromatic N) is 1. The van der Waals surface area contributed by atoms with Crippen molar-refractivity contribution in [2.45, 2.75) is 33.6 Å². The van der Waals surface area contributed by atoms with Crippen LogP contribution in [0.25, 0.3) is 0 Å². The highest BCUT2D eigenvalue weighted by Gasteiger charge is 2.37. The van der Waals surface area contributed by atoms with E-state index >= 15 is 0 Å². The van der Waals surface area contributed by atoms with Crippen LogP contribution < -0.4 is 20.5 Å². The zero-order valence-electron chi connectivity index (χ0n) is 18.5. The number of anilines is 1. The van der Waals surface area contributed by atoms with Crippen LogP contribution in [0.15, 0.2) is 35.7 Å². The molecule has 1 aromatic heterocycles. The lowest BCUT2D eigenvalue weighted by molar-refractivity contribution is -0.114. The van der Waals surface area contributed by atoms with Gasteiger partial charge in [0.15, 0.2) is 0 Å². The third kappa shape index (κ3) is 4.05. The first-order valence-corrected chi connectivity index (χ1v) is 10.1. The van der Waals surface area contributed by atoms with Gasteiger partial charge in [-0.1, -0.05) is 6.07 Å². The molecule has 2 heterocycles. The van der Waals surface area contributed by atoms with Crippen molar-refractivity contribution in [1.29, 1.82) is 5.41 Å². The second-order valence-electron chi connectivity index (χ2n) is 7.15. The Labute approximate surface area is 181 Å². The van der Waals surface area contributed by atoms with Crippen molar-refractivity contribution in [2.24, 2.45) is 5.73 Å². The SMILES string of the molecule is CCOC(=N)c1ccc(C2C(C(N)=O)=C(C)Nc3c(C)cnc(OCC)c32)c(OC)c1. The first-order valence-electron chi connectivity index (χ1n) is 10.1. The van der Waals surface area contributed by atoms with Gasteiger partial charge in [-0.15, -0.1) is 0 Å². The molecule has 0 saturated carbocycles. The molecular weight excluding hydrogens is 396 g/mol.